The molecule has 84 valence electrons. The molecular weight excluding hydrogens is 176 g/mol. The highest BCUT2D eigenvalue weighted by Crippen LogP contribution is 2.17. The molecule has 1 aliphatic rings. The molecule has 0 aromatic heterocycles. The maximum absolute atomic E-state index is 5.98. The van der Waals surface area contributed by atoms with Crippen LogP contribution in [0.15, 0.2) is 0 Å². The number of likely N-dealkylation sites (tertiary alicyclic amines) is 1. The number of ether oxygens (including phenoxy) is 1. The van der Waals surface area contributed by atoms with Crippen LogP contribution in [-0.4, -0.2) is 43.8 Å². The minimum absolute atomic E-state index is 0.363. The molecule has 1 heterocycles. The molecule has 1 fully saturated rings. The Morgan fingerprint density at radius 1 is 1.50 bits per heavy atom. The predicted molar refractivity (Wildman–Crippen MR) is 59.3 cm³/mol. The summed E-state index contributed by atoms with van der Waals surface area (Å²) in [5.41, 5.74) is 5.98. The summed E-state index contributed by atoms with van der Waals surface area (Å²) >= 11 is 0. The van der Waals surface area contributed by atoms with Crippen LogP contribution in [0.25, 0.3) is 0 Å². The average Bonchev–Trinajstić information content (AvgIpc) is 2.13. The van der Waals surface area contributed by atoms with Gasteiger partial charge in [-0.1, -0.05) is 13.8 Å². The van der Waals surface area contributed by atoms with Gasteiger partial charge in [0.1, 0.15) is 0 Å². The number of hydrogen-bond donors (Lipinski definition) is 1. The molecule has 0 saturated carbocycles. The molecular formula is C11H24N2O. The summed E-state index contributed by atoms with van der Waals surface area (Å²) in [6.07, 6.45) is 2.41. The van der Waals surface area contributed by atoms with E-state index in [0.29, 0.717) is 18.0 Å². The van der Waals surface area contributed by atoms with E-state index in [-0.39, 0.29) is 0 Å². The quantitative estimate of drug-likeness (QED) is 0.738. The first-order valence-electron chi connectivity index (χ1n) is 5.63. The van der Waals surface area contributed by atoms with Crippen molar-refractivity contribution in [3.63, 3.8) is 0 Å². The Kier molecular flexibility index (Phi) is 4.85. The molecule has 0 aromatic carbocycles. The van der Waals surface area contributed by atoms with E-state index in [4.69, 9.17) is 10.5 Å². The van der Waals surface area contributed by atoms with Crippen LogP contribution in [0.5, 0.6) is 0 Å². The molecule has 0 bridgehead atoms. The van der Waals surface area contributed by atoms with Crippen molar-refractivity contribution in [2.75, 3.05) is 26.8 Å². The first kappa shape index (κ1) is 12.0. The fraction of sp³-hybridized carbons (Fsp3) is 1.00. The third kappa shape index (κ3) is 3.23. The van der Waals surface area contributed by atoms with Crippen molar-refractivity contribution in [3.8, 4) is 0 Å². The van der Waals surface area contributed by atoms with Crippen molar-refractivity contribution in [1.29, 1.82) is 0 Å². The number of rotatable bonds is 4. The highest BCUT2D eigenvalue weighted by Gasteiger charge is 2.25. The molecule has 0 aromatic rings. The van der Waals surface area contributed by atoms with Crippen LogP contribution in [0, 0.1) is 5.92 Å². The molecule has 0 spiro atoms. The zero-order valence-electron chi connectivity index (χ0n) is 9.70. The van der Waals surface area contributed by atoms with Gasteiger partial charge < -0.3 is 10.5 Å². The van der Waals surface area contributed by atoms with E-state index in [9.17, 15) is 0 Å². The summed E-state index contributed by atoms with van der Waals surface area (Å²) in [5.74, 6) is 0.639. The van der Waals surface area contributed by atoms with Crippen LogP contribution < -0.4 is 5.73 Å². The van der Waals surface area contributed by atoms with Gasteiger partial charge in [-0.05, 0) is 25.3 Å². The predicted octanol–water partition coefficient (Wildman–Crippen LogP) is 1.08. The van der Waals surface area contributed by atoms with Crippen LogP contribution in [0.3, 0.4) is 0 Å². The van der Waals surface area contributed by atoms with Gasteiger partial charge in [-0.2, -0.15) is 0 Å². The lowest BCUT2D eigenvalue weighted by atomic mass is 9.98. The topological polar surface area (TPSA) is 38.5 Å². The standard InChI is InChI=1S/C11H24N2O/c1-9(2)11(8-14-3)13-6-4-5-10(12)7-13/h9-11H,4-8,12H2,1-3H3. The van der Waals surface area contributed by atoms with Gasteiger partial charge in [0.15, 0.2) is 0 Å². The smallest absolute Gasteiger partial charge is 0.0620 e. The fourth-order valence-corrected chi connectivity index (χ4v) is 2.23. The number of nitrogens with zero attached hydrogens (tertiary/aromatic N) is 1. The summed E-state index contributed by atoms with van der Waals surface area (Å²) in [5, 5.41) is 0. The number of piperidine rings is 1. The number of methoxy groups -OCH3 is 1. The molecule has 0 aliphatic carbocycles. The second-order valence-electron chi connectivity index (χ2n) is 4.66. The molecule has 2 atom stereocenters. The summed E-state index contributed by atoms with van der Waals surface area (Å²) in [6, 6.07) is 0.896. The SMILES string of the molecule is COCC(C(C)C)N1CCCC(N)C1. The van der Waals surface area contributed by atoms with Gasteiger partial charge in [-0.3, -0.25) is 4.90 Å². The molecule has 1 aliphatic heterocycles. The van der Waals surface area contributed by atoms with E-state index >= 15 is 0 Å². The largest absolute Gasteiger partial charge is 0.383 e. The number of hydrogen-bond acceptors (Lipinski definition) is 3. The van der Waals surface area contributed by atoms with Crippen LogP contribution >= 0.6 is 0 Å². The van der Waals surface area contributed by atoms with Crippen LogP contribution in [0.1, 0.15) is 26.7 Å². The van der Waals surface area contributed by atoms with Gasteiger partial charge >= 0.3 is 0 Å². The summed E-state index contributed by atoms with van der Waals surface area (Å²) in [4.78, 5) is 2.49. The zero-order valence-corrected chi connectivity index (χ0v) is 9.70. The molecule has 3 nitrogen and oxygen atoms in total. The van der Waals surface area contributed by atoms with E-state index in [0.717, 1.165) is 13.2 Å². The lowest BCUT2D eigenvalue weighted by Crippen LogP contribution is -2.51. The lowest BCUT2D eigenvalue weighted by Gasteiger charge is -2.38. The summed E-state index contributed by atoms with van der Waals surface area (Å²) < 4.78 is 5.27. The van der Waals surface area contributed by atoms with E-state index in [1.54, 1.807) is 7.11 Å². The molecule has 0 amide bonds. The van der Waals surface area contributed by atoms with E-state index < -0.39 is 0 Å². The minimum atomic E-state index is 0.363. The molecule has 3 heteroatoms. The van der Waals surface area contributed by atoms with Gasteiger partial charge in [0.2, 0.25) is 0 Å². The molecule has 1 rings (SSSR count). The molecule has 1 saturated heterocycles. The van der Waals surface area contributed by atoms with Gasteiger partial charge in [0.25, 0.3) is 0 Å². The third-order valence-corrected chi connectivity index (χ3v) is 3.07. The molecule has 2 N–H and O–H groups in total. The van der Waals surface area contributed by atoms with Gasteiger partial charge in [-0.15, -0.1) is 0 Å². The second kappa shape index (κ2) is 5.69. The van der Waals surface area contributed by atoms with Crippen molar-refractivity contribution in [1.82, 2.24) is 4.90 Å². The first-order valence-corrected chi connectivity index (χ1v) is 5.63. The Bertz CT molecular complexity index is 161. The zero-order chi connectivity index (χ0) is 10.6. The van der Waals surface area contributed by atoms with Gasteiger partial charge in [-0.25, -0.2) is 0 Å². The Balaban J connectivity index is 2.48. The monoisotopic (exact) mass is 200 g/mol. The Morgan fingerprint density at radius 3 is 2.71 bits per heavy atom. The summed E-state index contributed by atoms with van der Waals surface area (Å²) in [7, 11) is 1.78. The van der Waals surface area contributed by atoms with Crippen molar-refractivity contribution in [3.05, 3.63) is 0 Å². The average molecular weight is 200 g/mol. The first-order chi connectivity index (χ1) is 6.65. The normalized spacial score (nSPS) is 26.8. The Morgan fingerprint density at radius 2 is 2.21 bits per heavy atom. The number of nitrogens with two attached hydrogens (primary N) is 1. The maximum atomic E-state index is 5.98. The van der Waals surface area contributed by atoms with Crippen molar-refractivity contribution < 1.29 is 4.74 Å². The molecule has 2 unspecified atom stereocenters. The van der Waals surface area contributed by atoms with Gasteiger partial charge in [0, 0.05) is 25.7 Å². The van der Waals surface area contributed by atoms with Crippen LogP contribution in [0.2, 0.25) is 0 Å². The molecule has 0 radical (unpaired) electrons. The van der Waals surface area contributed by atoms with Crippen molar-refractivity contribution in [2.24, 2.45) is 11.7 Å². The Labute approximate surface area is 87.6 Å². The van der Waals surface area contributed by atoms with Gasteiger partial charge in [0.05, 0.1) is 6.61 Å². The summed E-state index contributed by atoms with van der Waals surface area (Å²) in [6.45, 7) is 7.55. The van der Waals surface area contributed by atoms with Crippen LogP contribution in [0.4, 0.5) is 0 Å². The fourth-order valence-electron chi connectivity index (χ4n) is 2.23. The van der Waals surface area contributed by atoms with Crippen LogP contribution in [-0.2, 0) is 4.74 Å². The molecule has 14 heavy (non-hydrogen) atoms. The van der Waals surface area contributed by atoms with Crippen molar-refractivity contribution in [2.45, 2.75) is 38.8 Å². The second-order valence-corrected chi connectivity index (χ2v) is 4.66. The minimum Gasteiger partial charge on any atom is -0.383 e. The van der Waals surface area contributed by atoms with E-state index in [1.807, 2.05) is 0 Å². The highest BCUT2D eigenvalue weighted by atomic mass is 16.5. The lowest BCUT2D eigenvalue weighted by molar-refractivity contribution is 0.0475. The van der Waals surface area contributed by atoms with E-state index in [2.05, 4.69) is 18.7 Å². The van der Waals surface area contributed by atoms with E-state index in [1.165, 1.54) is 19.4 Å². The third-order valence-electron chi connectivity index (χ3n) is 3.07. The maximum Gasteiger partial charge on any atom is 0.0620 e. The van der Waals surface area contributed by atoms with Crippen molar-refractivity contribution >= 4 is 0 Å². The highest BCUT2D eigenvalue weighted by molar-refractivity contribution is 4.82. The Hall–Kier alpha value is -0.120.